The van der Waals surface area contributed by atoms with Gasteiger partial charge in [0.1, 0.15) is 73.1 Å². The number of aliphatic hydroxyl groups excluding tert-OH is 12. The monoisotopic (exact) mass is 1240 g/mol. The highest BCUT2D eigenvalue weighted by molar-refractivity contribution is 5.97. The summed E-state index contributed by atoms with van der Waals surface area (Å²) in [6.07, 6.45) is -25.4. The van der Waals surface area contributed by atoms with Crippen LogP contribution in [0.25, 0.3) is 11.2 Å². The van der Waals surface area contributed by atoms with Gasteiger partial charge in [0, 0.05) is 43.4 Å². The molecule has 2 heterocycles. The van der Waals surface area contributed by atoms with Crippen LogP contribution in [-0.2, 0) is 44.9 Å². The number of amides is 6. The fraction of sp³-hybridized carbons (Fsp3) is 0.580. The molecule has 3 rings (SSSR count). The zero-order chi connectivity index (χ0) is 65.4. The number of aliphatic hydroxyl groups is 12. The van der Waals surface area contributed by atoms with Crippen LogP contribution in [0.15, 0.2) is 35.3 Å². The molecule has 0 aliphatic heterocycles. The normalized spacial score (nSPS) is 16.7. The Kier molecular flexibility index (Phi) is 29.7. The Balaban J connectivity index is 1.81. The number of fused-ring (bicyclic) bond motifs is 1. The molecule has 6 amide bonds. The van der Waals surface area contributed by atoms with Crippen molar-refractivity contribution < 1.29 is 120 Å². The highest BCUT2D eigenvalue weighted by atomic mass is 16.4. The lowest BCUT2D eigenvalue weighted by molar-refractivity contribution is -0.140. The van der Waals surface area contributed by atoms with Gasteiger partial charge in [0.15, 0.2) is 11.2 Å². The van der Waals surface area contributed by atoms with Crippen molar-refractivity contribution in [3.63, 3.8) is 0 Å². The minimum Gasteiger partial charge on any atom is -0.481 e. The second kappa shape index (κ2) is 35.4. The standard InChI is InChI=1S/C50H74N12O25/c1-2-23(38(76)41(79)29(66)17-63)58-46(83)24(8-11-35(72)73)55-34(71)14-28(40(78)43(81)31(68)19-65)60-47(84)25(9-12-36(74)75)56-33(70)13-27(39(77)42(80)30(67)18-64)57-32(69)10-7-26(49(86)87)59-45(82)20-3-5-21(6-4-20)52-15-22-16-53-44-37(54-22)48(85)62-50(51)61-44/h3-6,16,23-31,38-43,52,63-68,76-81H,2,7-15,17-19H2,1H3,(H,55,71)(H,56,70)(H,57,69)(H,58,83)(H,59,82)(H,60,84)(H,72,73)(H,74,75)(H,86,87)(H3,51,53,61,62,85)/t23-,24+,25+,26+,27-,28-,29-,30-,31-,38-,39-,40-,41-,42-,43-/m1/s1. The molecule has 3 aromatic rings. The molecule has 0 aliphatic carbocycles. The van der Waals surface area contributed by atoms with Gasteiger partial charge < -0.3 is 120 Å². The molecule has 0 saturated heterocycles. The molecular formula is C50H74N12O25. The second-order valence-corrected chi connectivity index (χ2v) is 19.8. The predicted molar refractivity (Wildman–Crippen MR) is 292 cm³/mol. The van der Waals surface area contributed by atoms with Crippen LogP contribution in [0.3, 0.4) is 0 Å². The van der Waals surface area contributed by atoms with Crippen LogP contribution in [-0.4, -0.2) is 261 Å². The van der Waals surface area contributed by atoms with Crippen molar-refractivity contribution >= 4 is 76.2 Å². The highest BCUT2D eigenvalue weighted by Crippen LogP contribution is 2.17. The molecule has 25 N–H and O–H groups in total. The summed E-state index contributed by atoms with van der Waals surface area (Å²) in [6, 6.07) is -5.59. The first kappa shape index (κ1) is 73.0. The van der Waals surface area contributed by atoms with Crippen molar-refractivity contribution in [2.75, 3.05) is 30.9 Å². The van der Waals surface area contributed by atoms with Gasteiger partial charge >= 0.3 is 17.9 Å². The summed E-state index contributed by atoms with van der Waals surface area (Å²) in [5.41, 5.74) is 5.60. The van der Waals surface area contributed by atoms with E-state index in [-0.39, 0.29) is 35.6 Å². The van der Waals surface area contributed by atoms with Crippen LogP contribution in [0.4, 0.5) is 11.6 Å². The van der Waals surface area contributed by atoms with Crippen LogP contribution in [0, 0.1) is 0 Å². The number of carboxylic acids is 3. The summed E-state index contributed by atoms with van der Waals surface area (Å²) in [6.45, 7) is -1.94. The first-order chi connectivity index (χ1) is 40.9. The number of aromatic amines is 1. The van der Waals surface area contributed by atoms with E-state index in [0.717, 1.165) is 0 Å². The van der Waals surface area contributed by atoms with E-state index in [1.54, 1.807) is 0 Å². The number of carboxylic acid groups (broad SMARTS) is 3. The van der Waals surface area contributed by atoms with Crippen molar-refractivity contribution in [2.45, 2.75) is 162 Å². The number of nitrogen functional groups attached to an aromatic ring is 1. The van der Waals surface area contributed by atoms with Crippen LogP contribution in [0.2, 0.25) is 0 Å². The molecule has 15 atom stereocenters. The minimum atomic E-state index is -2.44. The third-order valence-corrected chi connectivity index (χ3v) is 13.2. The number of carbonyl (C=O) groups is 9. The summed E-state index contributed by atoms with van der Waals surface area (Å²) in [4.78, 5) is 143. The molecule has 0 unspecified atom stereocenters. The fourth-order valence-corrected chi connectivity index (χ4v) is 8.25. The van der Waals surface area contributed by atoms with Gasteiger partial charge in [-0.1, -0.05) is 6.92 Å². The van der Waals surface area contributed by atoms with E-state index >= 15 is 0 Å². The van der Waals surface area contributed by atoms with Crippen LogP contribution >= 0.6 is 0 Å². The molecular weight excluding hydrogens is 1170 g/mol. The number of nitrogens with zero attached hydrogens (tertiary/aromatic N) is 3. The number of carbonyl (C=O) groups excluding carboxylic acids is 6. The minimum absolute atomic E-state index is 0.0196. The van der Waals surface area contributed by atoms with Gasteiger partial charge in [-0.15, -0.1) is 0 Å². The highest BCUT2D eigenvalue weighted by Gasteiger charge is 2.39. The van der Waals surface area contributed by atoms with Crippen molar-refractivity contribution in [1.29, 1.82) is 0 Å². The maximum atomic E-state index is 14.0. The van der Waals surface area contributed by atoms with Crippen LogP contribution in [0.5, 0.6) is 0 Å². The number of benzene rings is 1. The van der Waals surface area contributed by atoms with Gasteiger partial charge in [0.05, 0.1) is 56.4 Å². The number of H-pyrrole nitrogens is 1. The first-order valence-corrected chi connectivity index (χ1v) is 26.7. The molecule has 87 heavy (non-hydrogen) atoms. The zero-order valence-corrected chi connectivity index (χ0v) is 46.4. The number of hydrogen-bond acceptors (Lipinski definition) is 27. The molecule has 0 radical (unpaired) electrons. The molecule has 0 fully saturated rings. The van der Waals surface area contributed by atoms with E-state index < -0.39 is 221 Å². The van der Waals surface area contributed by atoms with Crippen molar-refractivity contribution in [3.05, 3.63) is 52.1 Å². The van der Waals surface area contributed by atoms with Crippen molar-refractivity contribution in [3.8, 4) is 0 Å². The number of hydrogen-bond donors (Lipinski definition) is 24. The summed E-state index contributed by atoms with van der Waals surface area (Å²) in [7, 11) is 0. The molecule has 0 aliphatic rings. The SMILES string of the molecule is CC[C@@H](NC(=O)[C@H](CCC(=O)O)NC(=O)C[C@@H](NC(=O)[C@H](CCC(=O)O)NC(=O)C[C@@H](NC(=O)CC[C@H](NC(=O)c1ccc(NCc2cnc3nc(N)[nH]c(=O)c3n2)cc1)C(=O)O)[C@@H](O)[C@H](O)[C@H](O)CO)[C@@H](O)[C@H](O)[C@H](O)CO)[C@@H](O)[C@H](O)[C@H](O)CO. The van der Waals surface area contributed by atoms with Crippen LogP contribution < -0.4 is 48.5 Å². The molecule has 484 valence electrons. The number of rotatable bonds is 39. The molecule has 2 aromatic heterocycles. The molecule has 1 aromatic carbocycles. The maximum absolute atomic E-state index is 14.0. The average Bonchev–Trinajstić information content (AvgIpc) is 3.50. The molecule has 0 saturated carbocycles. The molecule has 0 spiro atoms. The van der Waals surface area contributed by atoms with Crippen molar-refractivity contribution in [2.24, 2.45) is 0 Å². The summed E-state index contributed by atoms with van der Waals surface area (Å²) in [5.74, 6) is -12.2. The lowest BCUT2D eigenvalue weighted by atomic mass is 9.96. The average molecular weight is 1240 g/mol. The Hall–Kier alpha value is -8.21. The van der Waals surface area contributed by atoms with Gasteiger partial charge in [-0.2, -0.15) is 4.98 Å². The lowest BCUT2D eigenvalue weighted by Gasteiger charge is -2.32. The number of aromatic nitrogens is 4. The Labute approximate surface area is 492 Å². The Morgan fingerprint density at radius 1 is 0.552 bits per heavy atom. The summed E-state index contributed by atoms with van der Waals surface area (Å²) < 4.78 is 0. The Bertz CT molecular complexity index is 2870. The summed E-state index contributed by atoms with van der Waals surface area (Å²) in [5, 5.41) is 167. The van der Waals surface area contributed by atoms with Gasteiger partial charge in [-0.3, -0.25) is 48.1 Å². The molecule has 37 nitrogen and oxygen atoms in total. The van der Waals surface area contributed by atoms with E-state index in [4.69, 9.17) is 5.73 Å². The molecule has 0 bridgehead atoms. The van der Waals surface area contributed by atoms with E-state index in [1.807, 2.05) is 0 Å². The second-order valence-electron chi connectivity index (χ2n) is 19.8. The number of anilines is 2. The maximum Gasteiger partial charge on any atom is 0.326 e. The number of nitrogens with one attached hydrogen (secondary N) is 8. The first-order valence-electron chi connectivity index (χ1n) is 26.7. The van der Waals surface area contributed by atoms with Crippen molar-refractivity contribution in [1.82, 2.24) is 51.8 Å². The van der Waals surface area contributed by atoms with Crippen LogP contribution in [0.1, 0.15) is 80.8 Å². The fourth-order valence-electron chi connectivity index (χ4n) is 8.25. The van der Waals surface area contributed by atoms with E-state index in [2.05, 4.69) is 57.2 Å². The topological polar surface area (TPSA) is 639 Å². The summed E-state index contributed by atoms with van der Waals surface area (Å²) >= 11 is 0. The third-order valence-electron chi connectivity index (χ3n) is 13.2. The number of nitrogens with two attached hydrogens (primary N) is 1. The Morgan fingerprint density at radius 2 is 1.00 bits per heavy atom. The van der Waals surface area contributed by atoms with E-state index in [0.29, 0.717) is 11.4 Å². The largest absolute Gasteiger partial charge is 0.481 e. The smallest absolute Gasteiger partial charge is 0.326 e. The predicted octanol–water partition coefficient (Wildman–Crippen LogP) is -9.56. The zero-order valence-electron chi connectivity index (χ0n) is 46.4. The quantitative estimate of drug-likeness (QED) is 0.0252. The number of aliphatic carboxylic acids is 3. The van der Waals surface area contributed by atoms with E-state index in [1.165, 1.54) is 37.4 Å². The third kappa shape index (κ3) is 23.2. The van der Waals surface area contributed by atoms with Gasteiger partial charge in [-0.05, 0) is 49.9 Å². The Morgan fingerprint density at radius 3 is 1.45 bits per heavy atom. The van der Waals surface area contributed by atoms with Gasteiger partial charge in [-0.25, -0.2) is 14.8 Å². The van der Waals surface area contributed by atoms with Gasteiger partial charge in [0.2, 0.25) is 35.5 Å². The lowest BCUT2D eigenvalue weighted by Crippen LogP contribution is -2.59. The van der Waals surface area contributed by atoms with Gasteiger partial charge in [0.25, 0.3) is 11.5 Å². The van der Waals surface area contributed by atoms with E-state index in [9.17, 15) is 125 Å². The molecule has 37 heteroatoms.